The SMILES string of the molecule is Cc1cnc(C(=O)N2CCCC(c3ccccc3)(c3ccccc3)C2)cn1. The highest BCUT2D eigenvalue weighted by molar-refractivity contribution is 5.92. The van der Waals surface area contributed by atoms with Gasteiger partial charge in [-0.15, -0.1) is 0 Å². The molecule has 1 aliphatic heterocycles. The number of rotatable bonds is 3. The zero-order chi connectivity index (χ0) is 18.7. The summed E-state index contributed by atoms with van der Waals surface area (Å²) in [6.07, 6.45) is 5.21. The molecule has 1 aliphatic rings. The van der Waals surface area contributed by atoms with E-state index in [4.69, 9.17) is 0 Å². The van der Waals surface area contributed by atoms with Crippen molar-refractivity contribution in [3.63, 3.8) is 0 Å². The zero-order valence-electron chi connectivity index (χ0n) is 15.5. The summed E-state index contributed by atoms with van der Waals surface area (Å²) in [5.41, 5.74) is 3.53. The lowest BCUT2D eigenvalue weighted by atomic mass is 9.69. The maximum absolute atomic E-state index is 13.1. The van der Waals surface area contributed by atoms with E-state index in [1.807, 2.05) is 24.0 Å². The predicted octanol–water partition coefficient (Wildman–Crippen LogP) is 4.01. The van der Waals surface area contributed by atoms with Gasteiger partial charge in [-0.2, -0.15) is 0 Å². The molecule has 0 aliphatic carbocycles. The van der Waals surface area contributed by atoms with E-state index >= 15 is 0 Å². The Bertz CT molecular complexity index is 868. The smallest absolute Gasteiger partial charge is 0.274 e. The topological polar surface area (TPSA) is 46.1 Å². The number of hydrogen-bond acceptors (Lipinski definition) is 3. The van der Waals surface area contributed by atoms with Gasteiger partial charge < -0.3 is 4.90 Å². The van der Waals surface area contributed by atoms with Gasteiger partial charge in [0, 0.05) is 24.7 Å². The van der Waals surface area contributed by atoms with Crippen LogP contribution < -0.4 is 0 Å². The summed E-state index contributed by atoms with van der Waals surface area (Å²) in [4.78, 5) is 23.5. The Balaban J connectivity index is 1.72. The number of carbonyl (C=O) groups excluding carboxylic acids is 1. The van der Waals surface area contributed by atoms with E-state index in [9.17, 15) is 4.79 Å². The monoisotopic (exact) mass is 357 g/mol. The van der Waals surface area contributed by atoms with Crippen LogP contribution in [0, 0.1) is 6.92 Å². The van der Waals surface area contributed by atoms with Crippen LogP contribution in [-0.4, -0.2) is 33.9 Å². The highest BCUT2D eigenvalue weighted by Gasteiger charge is 2.40. The first kappa shape index (κ1) is 17.4. The minimum Gasteiger partial charge on any atom is -0.336 e. The second-order valence-electron chi connectivity index (χ2n) is 7.19. The first-order chi connectivity index (χ1) is 13.2. The van der Waals surface area contributed by atoms with Crippen LogP contribution in [0.1, 0.15) is 40.2 Å². The van der Waals surface area contributed by atoms with Crippen LogP contribution in [0.3, 0.4) is 0 Å². The minimum absolute atomic E-state index is 0.0431. The highest BCUT2D eigenvalue weighted by atomic mass is 16.2. The van der Waals surface area contributed by atoms with Crippen molar-refractivity contribution in [2.24, 2.45) is 0 Å². The number of aryl methyl sites for hydroxylation is 1. The molecule has 1 saturated heterocycles. The Morgan fingerprint density at radius 1 is 0.926 bits per heavy atom. The third-order valence-electron chi connectivity index (χ3n) is 5.43. The molecule has 4 nitrogen and oxygen atoms in total. The molecule has 136 valence electrons. The van der Waals surface area contributed by atoms with Crippen molar-refractivity contribution in [2.75, 3.05) is 13.1 Å². The molecule has 3 aromatic rings. The quantitative estimate of drug-likeness (QED) is 0.711. The number of piperidine rings is 1. The molecule has 0 N–H and O–H groups in total. The summed E-state index contributed by atoms with van der Waals surface area (Å²) in [5, 5.41) is 0. The van der Waals surface area contributed by atoms with Gasteiger partial charge in [-0.25, -0.2) is 4.98 Å². The lowest BCUT2D eigenvalue weighted by Gasteiger charge is -2.43. The van der Waals surface area contributed by atoms with Gasteiger partial charge in [0.05, 0.1) is 11.9 Å². The van der Waals surface area contributed by atoms with Crippen LogP contribution in [0.2, 0.25) is 0 Å². The Morgan fingerprint density at radius 3 is 2.11 bits per heavy atom. The molecule has 2 heterocycles. The number of nitrogens with zero attached hydrogens (tertiary/aromatic N) is 3. The number of benzene rings is 2. The fourth-order valence-electron chi connectivity index (χ4n) is 4.05. The Kier molecular flexibility index (Phi) is 4.71. The van der Waals surface area contributed by atoms with E-state index in [-0.39, 0.29) is 11.3 Å². The van der Waals surface area contributed by atoms with Gasteiger partial charge in [-0.3, -0.25) is 9.78 Å². The third-order valence-corrected chi connectivity index (χ3v) is 5.43. The van der Waals surface area contributed by atoms with E-state index in [1.165, 1.54) is 11.1 Å². The van der Waals surface area contributed by atoms with Gasteiger partial charge in [-0.05, 0) is 30.9 Å². The highest BCUT2D eigenvalue weighted by Crippen LogP contribution is 2.40. The third kappa shape index (κ3) is 3.35. The Labute approximate surface area is 159 Å². The van der Waals surface area contributed by atoms with Crippen LogP contribution in [0.25, 0.3) is 0 Å². The van der Waals surface area contributed by atoms with Crippen molar-refractivity contribution >= 4 is 5.91 Å². The van der Waals surface area contributed by atoms with E-state index in [1.54, 1.807) is 12.4 Å². The molecule has 1 amide bonds. The number of hydrogen-bond donors (Lipinski definition) is 0. The number of amides is 1. The Hall–Kier alpha value is -3.01. The first-order valence-electron chi connectivity index (χ1n) is 9.38. The molecular formula is C23H23N3O. The summed E-state index contributed by atoms with van der Waals surface area (Å²) in [7, 11) is 0. The van der Waals surface area contributed by atoms with Crippen LogP contribution >= 0.6 is 0 Å². The molecule has 0 unspecified atom stereocenters. The van der Waals surface area contributed by atoms with Crippen molar-refractivity contribution in [3.05, 3.63) is 95.6 Å². The minimum atomic E-state index is -0.200. The van der Waals surface area contributed by atoms with Gasteiger partial charge in [-0.1, -0.05) is 60.7 Å². The largest absolute Gasteiger partial charge is 0.336 e. The normalized spacial score (nSPS) is 16.1. The standard InChI is InChI=1S/C23H23N3O/c1-18-15-25-21(16-24-18)22(27)26-14-8-13-23(17-26,19-9-4-2-5-10-19)20-11-6-3-7-12-20/h2-7,9-12,15-16H,8,13-14,17H2,1H3. The number of aromatic nitrogens is 2. The molecule has 0 radical (unpaired) electrons. The maximum atomic E-state index is 13.1. The van der Waals surface area contributed by atoms with Gasteiger partial charge in [0.15, 0.2) is 0 Å². The summed E-state index contributed by atoms with van der Waals surface area (Å²) in [6, 6.07) is 21.1. The van der Waals surface area contributed by atoms with Gasteiger partial charge in [0.25, 0.3) is 5.91 Å². The van der Waals surface area contributed by atoms with Crippen LogP contribution in [-0.2, 0) is 5.41 Å². The van der Waals surface area contributed by atoms with Gasteiger partial charge in [0.1, 0.15) is 5.69 Å². The second kappa shape index (κ2) is 7.31. The lowest BCUT2D eigenvalue weighted by molar-refractivity contribution is 0.0660. The molecular weight excluding hydrogens is 334 g/mol. The van der Waals surface area contributed by atoms with E-state index in [0.717, 1.165) is 25.1 Å². The summed E-state index contributed by atoms with van der Waals surface area (Å²) >= 11 is 0. The molecule has 27 heavy (non-hydrogen) atoms. The van der Waals surface area contributed by atoms with Crippen molar-refractivity contribution < 1.29 is 4.79 Å². The first-order valence-corrected chi connectivity index (χ1v) is 9.38. The number of carbonyl (C=O) groups is 1. The maximum Gasteiger partial charge on any atom is 0.274 e. The summed E-state index contributed by atoms with van der Waals surface area (Å²) in [6.45, 7) is 3.27. The lowest BCUT2D eigenvalue weighted by Crippen LogP contribution is -2.49. The molecule has 0 bridgehead atoms. The molecule has 2 aromatic carbocycles. The number of likely N-dealkylation sites (tertiary alicyclic amines) is 1. The van der Waals surface area contributed by atoms with E-state index < -0.39 is 0 Å². The second-order valence-corrected chi connectivity index (χ2v) is 7.19. The molecule has 4 heteroatoms. The zero-order valence-corrected chi connectivity index (χ0v) is 15.5. The van der Waals surface area contributed by atoms with Crippen molar-refractivity contribution in [2.45, 2.75) is 25.2 Å². The van der Waals surface area contributed by atoms with Crippen molar-refractivity contribution in [3.8, 4) is 0 Å². The van der Waals surface area contributed by atoms with Crippen LogP contribution in [0.15, 0.2) is 73.1 Å². The van der Waals surface area contributed by atoms with E-state index in [0.29, 0.717) is 12.2 Å². The van der Waals surface area contributed by atoms with E-state index in [2.05, 4.69) is 58.5 Å². The van der Waals surface area contributed by atoms with Crippen molar-refractivity contribution in [1.29, 1.82) is 0 Å². The summed E-state index contributed by atoms with van der Waals surface area (Å²) in [5.74, 6) is -0.0431. The predicted molar refractivity (Wildman–Crippen MR) is 106 cm³/mol. The average Bonchev–Trinajstić information content (AvgIpc) is 2.75. The molecule has 4 rings (SSSR count). The Morgan fingerprint density at radius 2 is 1.56 bits per heavy atom. The average molecular weight is 357 g/mol. The van der Waals surface area contributed by atoms with Crippen LogP contribution in [0.4, 0.5) is 0 Å². The molecule has 0 atom stereocenters. The molecule has 1 fully saturated rings. The molecule has 0 spiro atoms. The van der Waals surface area contributed by atoms with Gasteiger partial charge in [0.2, 0.25) is 0 Å². The fourth-order valence-corrected chi connectivity index (χ4v) is 4.05. The van der Waals surface area contributed by atoms with Crippen LogP contribution in [0.5, 0.6) is 0 Å². The summed E-state index contributed by atoms with van der Waals surface area (Å²) < 4.78 is 0. The fraction of sp³-hybridized carbons (Fsp3) is 0.261. The van der Waals surface area contributed by atoms with Crippen molar-refractivity contribution in [1.82, 2.24) is 14.9 Å². The molecule has 1 aromatic heterocycles. The van der Waals surface area contributed by atoms with Gasteiger partial charge >= 0.3 is 0 Å². The molecule has 0 saturated carbocycles.